The van der Waals surface area contributed by atoms with Crippen molar-refractivity contribution in [3.05, 3.63) is 47.7 Å². The van der Waals surface area contributed by atoms with Crippen LogP contribution in [0.1, 0.15) is 15.9 Å². The number of ether oxygens (including phenoxy) is 2. The summed E-state index contributed by atoms with van der Waals surface area (Å²) in [5.74, 6) is -5.81. The summed E-state index contributed by atoms with van der Waals surface area (Å²) in [6, 6.07) is 6.02. The van der Waals surface area contributed by atoms with E-state index in [1.165, 1.54) is 31.4 Å². The second-order valence-electron chi connectivity index (χ2n) is 7.54. The van der Waals surface area contributed by atoms with Crippen molar-refractivity contribution in [2.24, 2.45) is 5.92 Å². The molecule has 2 amide bonds. The number of hydrogen-bond donors (Lipinski definition) is 1. The molecular formula is C21H19AsF5N3O4. The molecule has 1 atom stereocenters. The first-order chi connectivity index (χ1) is 15.9. The molecule has 1 aliphatic heterocycles. The monoisotopic (exact) mass is 547 g/mol. The van der Waals surface area contributed by atoms with Crippen LogP contribution >= 0.6 is 0 Å². The molecule has 2 aromatic rings. The molecule has 34 heavy (non-hydrogen) atoms. The van der Waals surface area contributed by atoms with Crippen molar-refractivity contribution in [3.63, 3.8) is 0 Å². The Kier molecular flexibility index (Phi) is 7.70. The summed E-state index contributed by atoms with van der Waals surface area (Å²) >= 11 is 2.12. The Morgan fingerprint density at radius 1 is 1.26 bits per heavy atom. The van der Waals surface area contributed by atoms with E-state index >= 15 is 0 Å². The molecule has 2 heterocycles. The predicted octanol–water partition coefficient (Wildman–Crippen LogP) is 1.85. The van der Waals surface area contributed by atoms with Crippen LogP contribution in [0.15, 0.2) is 36.5 Å². The van der Waals surface area contributed by atoms with Gasteiger partial charge in [0.15, 0.2) is 0 Å². The summed E-state index contributed by atoms with van der Waals surface area (Å²) in [5.41, 5.74) is 0.557. The summed E-state index contributed by atoms with van der Waals surface area (Å²) in [6.07, 6.45) is -3.77. The molecule has 182 valence electrons. The third kappa shape index (κ3) is 6.59. The van der Waals surface area contributed by atoms with Gasteiger partial charge in [-0.3, -0.25) is 0 Å². The molecule has 0 spiro atoms. The Morgan fingerprint density at radius 3 is 2.56 bits per heavy atom. The van der Waals surface area contributed by atoms with Crippen molar-refractivity contribution in [1.82, 2.24) is 15.2 Å². The topological polar surface area (TPSA) is 80.8 Å². The van der Waals surface area contributed by atoms with Gasteiger partial charge in [-0.2, -0.15) is 0 Å². The van der Waals surface area contributed by atoms with Crippen molar-refractivity contribution in [3.8, 4) is 11.5 Å². The van der Waals surface area contributed by atoms with E-state index in [9.17, 15) is 31.5 Å². The Labute approximate surface area is 200 Å². The molecule has 1 aliphatic rings. The van der Waals surface area contributed by atoms with Crippen LogP contribution in [0.2, 0.25) is 0 Å². The second-order valence-corrected chi connectivity index (χ2v) is 8.43. The number of pyridine rings is 1. The fraction of sp³-hybridized carbons (Fsp3) is 0.381. The number of hydrogen-bond acceptors (Lipinski definition) is 5. The summed E-state index contributed by atoms with van der Waals surface area (Å²) in [5, 5.41) is 2.43. The number of alkyl halides is 5. The molecule has 1 aromatic carbocycles. The number of rotatable bonds is 7. The number of halogens is 5. The van der Waals surface area contributed by atoms with Crippen LogP contribution in [0.5, 0.6) is 11.5 Å². The van der Waals surface area contributed by atoms with E-state index in [-0.39, 0.29) is 24.3 Å². The minimum atomic E-state index is -4.84. The first-order valence-corrected chi connectivity index (χ1v) is 10.9. The van der Waals surface area contributed by atoms with E-state index in [0.717, 1.165) is 17.0 Å². The Morgan fingerprint density at radius 2 is 1.94 bits per heavy atom. The van der Waals surface area contributed by atoms with E-state index in [1.54, 1.807) is 0 Å². The molecule has 1 fully saturated rings. The number of nitrogens with one attached hydrogen (secondary N) is 1. The molecule has 3 rings (SSSR count). The molecule has 0 aliphatic carbocycles. The third-order valence-corrected chi connectivity index (χ3v) is 5.77. The van der Waals surface area contributed by atoms with E-state index in [1.807, 2.05) is 0 Å². The number of likely N-dealkylation sites (tertiary alicyclic amines) is 1. The average Bonchev–Trinajstić information content (AvgIpc) is 3.07. The van der Waals surface area contributed by atoms with Crippen molar-refractivity contribution in [1.29, 1.82) is 0 Å². The summed E-state index contributed by atoms with van der Waals surface area (Å²) < 4.78 is 75.5. The Balaban J connectivity index is 1.60. The van der Waals surface area contributed by atoms with Gasteiger partial charge in [0, 0.05) is 0 Å². The fourth-order valence-corrected chi connectivity index (χ4v) is 3.70. The fourth-order valence-electron chi connectivity index (χ4n) is 3.31. The molecule has 0 bridgehead atoms. The van der Waals surface area contributed by atoms with E-state index in [2.05, 4.69) is 31.9 Å². The molecule has 1 N–H and O–H groups in total. The van der Waals surface area contributed by atoms with Gasteiger partial charge in [-0.05, 0) is 0 Å². The van der Waals surface area contributed by atoms with Gasteiger partial charge in [-0.15, -0.1) is 13.2 Å². The zero-order chi connectivity index (χ0) is 25.1. The molecule has 13 heteroatoms. The number of amides is 2. The van der Waals surface area contributed by atoms with Crippen LogP contribution in [0.25, 0.3) is 0 Å². The Bertz CT molecular complexity index is 1050. The predicted molar refractivity (Wildman–Crippen MR) is 110 cm³/mol. The first kappa shape index (κ1) is 25.7. The third-order valence-electron chi connectivity index (χ3n) is 5.07. The van der Waals surface area contributed by atoms with Crippen molar-refractivity contribution >= 4 is 33.1 Å². The second kappa shape index (κ2) is 10.2. The van der Waals surface area contributed by atoms with Crippen molar-refractivity contribution in [2.45, 2.75) is 18.7 Å². The number of carbonyl (C=O) groups is 2. The van der Waals surface area contributed by atoms with Gasteiger partial charge in [0.2, 0.25) is 0 Å². The standard InChI is InChI=1S/C21H19AsF5N3O4/c1-28-19(32)13-7-16(18(22)29-8-13)33-10-14-9-30(11-20(14,23)24)17(31)6-12-2-4-15(5-3-12)34-21(25,26)27/h2-5,7-8,14H,6,9-11H2,1H3,(H,28,32). The van der Waals surface area contributed by atoms with Gasteiger partial charge >= 0.3 is 176 Å². The van der Waals surface area contributed by atoms with Gasteiger partial charge in [0.25, 0.3) is 0 Å². The van der Waals surface area contributed by atoms with Crippen LogP contribution in [0.3, 0.4) is 0 Å². The molecule has 0 saturated carbocycles. The van der Waals surface area contributed by atoms with Gasteiger partial charge in [0.1, 0.15) is 5.75 Å². The molecule has 1 aromatic heterocycles. The number of carbonyl (C=O) groups excluding carboxylic acids is 2. The SMILES string of the molecule is CNC(=O)c1cnc([As])c(OCC2CN(C(=O)Cc3ccc(OC(F)(F)F)cc3)CC2(F)F)c1. The average molecular weight is 547 g/mol. The van der Waals surface area contributed by atoms with Crippen molar-refractivity contribution in [2.75, 3.05) is 26.7 Å². The molecule has 2 radical (unpaired) electrons. The van der Waals surface area contributed by atoms with Crippen LogP contribution in [-0.2, 0) is 11.2 Å². The summed E-state index contributed by atoms with van der Waals surface area (Å²) in [6.45, 7) is -1.48. The van der Waals surface area contributed by atoms with E-state index in [0.29, 0.717) is 10.0 Å². The van der Waals surface area contributed by atoms with E-state index in [4.69, 9.17) is 4.74 Å². The molecule has 1 unspecified atom stereocenters. The van der Waals surface area contributed by atoms with Crippen LogP contribution in [-0.4, -0.2) is 77.6 Å². The van der Waals surface area contributed by atoms with Crippen LogP contribution in [0.4, 0.5) is 22.0 Å². The van der Waals surface area contributed by atoms with Crippen molar-refractivity contribution < 1.29 is 41.0 Å². The number of nitrogens with zero attached hydrogens (tertiary/aromatic N) is 2. The first-order valence-electron chi connectivity index (χ1n) is 9.92. The van der Waals surface area contributed by atoms with Crippen LogP contribution in [0, 0.1) is 5.92 Å². The van der Waals surface area contributed by atoms with E-state index < -0.39 is 48.9 Å². The van der Waals surface area contributed by atoms with Gasteiger partial charge in [-0.25, -0.2) is 0 Å². The molecular weight excluding hydrogens is 528 g/mol. The number of aromatic nitrogens is 1. The Hall–Kier alpha value is -2.88. The zero-order valence-corrected chi connectivity index (χ0v) is 19.6. The quantitative estimate of drug-likeness (QED) is 0.423. The minimum absolute atomic E-state index is 0.155. The van der Waals surface area contributed by atoms with Gasteiger partial charge < -0.3 is 4.74 Å². The molecule has 7 nitrogen and oxygen atoms in total. The zero-order valence-electron chi connectivity index (χ0n) is 17.7. The number of benzene rings is 1. The summed E-state index contributed by atoms with van der Waals surface area (Å²) in [4.78, 5) is 29.3. The summed E-state index contributed by atoms with van der Waals surface area (Å²) in [7, 11) is 1.44. The maximum atomic E-state index is 14.6. The normalized spacial score (nSPS) is 17.4. The maximum absolute atomic E-state index is 14.6. The van der Waals surface area contributed by atoms with Gasteiger partial charge in [0.05, 0.1) is 0 Å². The van der Waals surface area contributed by atoms with Gasteiger partial charge in [-0.1, -0.05) is 0 Å². The molecule has 1 saturated heterocycles. The van der Waals surface area contributed by atoms with Crippen LogP contribution < -0.4 is 19.3 Å².